The van der Waals surface area contributed by atoms with E-state index in [0.29, 0.717) is 12.8 Å². The normalized spacial score (nSPS) is 16.0. The number of primary amides is 1. The minimum atomic E-state index is -1.47. The SMILES string of the molecule is CCC(C)C(N)C(=O)NC(C(=O)NC(CCC(=O)O)C(=O)NC(CCC(N)=O)C(=O)O)C(C)CC. The van der Waals surface area contributed by atoms with Gasteiger partial charge in [-0.1, -0.05) is 40.5 Å². The van der Waals surface area contributed by atoms with Crippen molar-refractivity contribution in [2.24, 2.45) is 23.3 Å². The highest BCUT2D eigenvalue weighted by Gasteiger charge is 2.33. The van der Waals surface area contributed by atoms with E-state index in [1.54, 1.807) is 20.8 Å². The number of hydrogen-bond acceptors (Lipinski definition) is 7. The zero-order valence-corrected chi connectivity index (χ0v) is 20.7. The Morgan fingerprint density at radius 1 is 0.743 bits per heavy atom. The number of amides is 4. The van der Waals surface area contributed by atoms with Crippen molar-refractivity contribution in [2.75, 3.05) is 0 Å². The lowest BCUT2D eigenvalue weighted by molar-refractivity contribution is -0.143. The molecule has 0 aliphatic rings. The minimum absolute atomic E-state index is 0.141. The first-order valence-electron chi connectivity index (χ1n) is 11.6. The molecule has 13 heteroatoms. The van der Waals surface area contributed by atoms with Gasteiger partial charge in [-0.25, -0.2) is 4.79 Å². The van der Waals surface area contributed by atoms with E-state index in [4.69, 9.17) is 16.6 Å². The molecule has 0 aromatic carbocycles. The molecule has 0 radical (unpaired) electrons. The van der Waals surface area contributed by atoms with E-state index in [9.17, 15) is 33.9 Å². The molecule has 4 amide bonds. The van der Waals surface area contributed by atoms with Crippen LogP contribution in [0.25, 0.3) is 0 Å². The van der Waals surface area contributed by atoms with Crippen molar-refractivity contribution in [1.29, 1.82) is 0 Å². The van der Waals surface area contributed by atoms with Crippen molar-refractivity contribution < 1.29 is 39.0 Å². The van der Waals surface area contributed by atoms with Crippen LogP contribution in [0.15, 0.2) is 0 Å². The summed E-state index contributed by atoms with van der Waals surface area (Å²) >= 11 is 0. The van der Waals surface area contributed by atoms with Crippen LogP contribution in [0.3, 0.4) is 0 Å². The highest BCUT2D eigenvalue weighted by molar-refractivity contribution is 5.94. The lowest BCUT2D eigenvalue weighted by atomic mass is 9.95. The zero-order chi connectivity index (χ0) is 27.3. The third-order valence-electron chi connectivity index (χ3n) is 5.93. The Kier molecular flexibility index (Phi) is 14.2. The van der Waals surface area contributed by atoms with Gasteiger partial charge in [0.25, 0.3) is 0 Å². The Labute approximate surface area is 204 Å². The molecular formula is C22H39N5O8. The summed E-state index contributed by atoms with van der Waals surface area (Å²) in [5.74, 6) is -6.13. The summed E-state index contributed by atoms with van der Waals surface area (Å²) in [6.45, 7) is 7.19. The Morgan fingerprint density at radius 3 is 1.71 bits per heavy atom. The first kappa shape index (κ1) is 31.8. The first-order chi connectivity index (χ1) is 16.2. The molecule has 0 saturated heterocycles. The Balaban J connectivity index is 5.67. The highest BCUT2D eigenvalue weighted by atomic mass is 16.4. The van der Waals surface area contributed by atoms with Gasteiger partial charge in [0.2, 0.25) is 23.6 Å². The second-order valence-corrected chi connectivity index (χ2v) is 8.68. The smallest absolute Gasteiger partial charge is 0.326 e. The van der Waals surface area contributed by atoms with Gasteiger partial charge in [0.1, 0.15) is 18.1 Å². The number of carboxylic acids is 2. The van der Waals surface area contributed by atoms with Gasteiger partial charge in [-0.2, -0.15) is 0 Å². The van der Waals surface area contributed by atoms with Crippen LogP contribution in [0.4, 0.5) is 0 Å². The third kappa shape index (κ3) is 11.7. The number of nitrogens with two attached hydrogens (primary N) is 2. The van der Waals surface area contributed by atoms with Crippen molar-refractivity contribution in [3.05, 3.63) is 0 Å². The van der Waals surface area contributed by atoms with Crippen LogP contribution in [-0.4, -0.2) is 69.9 Å². The summed E-state index contributed by atoms with van der Waals surface area (Å²) in [4.78, 5) is 71.9. The van der Waals surface area contributed by atoms with Gasteiger partial charge in [0, 0.05) is 12.8 Å². The maximum atomic E-state index is 13.1. The fourth-order valence-corrected chi connectivity index (χ4v) is 3.08. The molecule has 6 unspecified atom stereocenters. The standard InChI is InChI=1S/C22H39N5O8/c1-5-11(3)17(24)20(32)27-18(12(4)6-2)21(33)25-13(8-10-16(29)30)19(31)26-14(22(34)35)7-9-15(23)28/h11-14,17-18H,5-10,24H2,1-4H3,(H2,23,28)(H,25,33)(H,26,31)(H,27,32)(H,29,30)(H,34,35). The number of carbonyl (C=O) groups is 6. The van der Waals surface area contributed by atoms with Gasteiger partial charge in [-0.3, -0.25) is 24.0 Å². The molecule has 0 rings (SSSR count). The van der Waals surface area contributed by atoms with Crippen molar-refractivity contribution in [1.82, 2.24) is 16.0 Å². The third-order valence-corrected chi connectivity index (χ3v) is 5.93. The molecule has 0 aromatic heterocycles. The number of rotatable bonds is 17. The largest absolute Gasteiger partial charge is 0.481 e. The molecule has 0 heterocycles. The van der Waals surface area contributed by atoms with Gasteiger partial charge < -0.3 is 37.6 Å². The topological polar surface area (TPSA) is 231 Å². The second-order valence-electron chi connectivity index (χ2n) is 8.68. The molecule has 0 spiro atoms. The average Bonchev–Trinajstić information content (AvgIpc) is 2.79. The Hall–Kier alpha value is -3.22. The van der Waals surface area contributed by atoms with E-state index in [-0.39, 0.29) is 31.1 Å². The Bertz CT molecular complexity index is 775. The molecule has 0 saturated carbocycles. The number of carboxylic acid groups (broad SMARTS) is 2. The van der Waals surface area contributed by atoms with Crippen molar-refractivity contribution in [3.63, 3.8) is 0 Å². The molecule has 0 aromatic rings. The van der Waals surface area contributed by atoms with Gasteiger partial charge >= 0.3 is 11.9 Å². The summed E-state index contributed by atoms with van der Waals surface area (Å²) in [6.07, 6.45) is -0.264. The van der Waals surface area contributed by atoms with Gasteiger partial charge in [-0.15, -0.1) is 0 Å². The van der Waals surface area contributed by atoms with Crippen LogP contribution >= 0.6 is 0 Å². The van der Waals surface area contributed by atoms with Crippen molar-refractivity contribution in [2.45, 2.75) is 90.4 Å². The van der Waals surface area contributed by atoms with E-state index < -0.39 is 66.2 Å². The molecular weight excluding hydrogens is 462 g/mol. The summed E-state index contributed by atoms with van der Waals surface area (Å²) in [7, 11) is 0. The summed E-state index contributed by atoms with van der Waals surface area (Å²) in [5.41, 5.74) is 11.0. The van der Waals surface area contributed by atoms with E-state index in [0.717, 1.165) is 0 Å². The van der Waals surface area contributed by atoms with Crippen LogP contribution in [0.1, 0.15) is 66.2 Å². The number of nitrogens with one attached hydrogen (secondary N) is 3. The molecule has 35 heavy (non-hydrogen) atoms. The monoisotopic (exact) mass is 501 g/mol. The molecule has 9 N–H and O–H groups in total. The van der Waals surface area contributed by atoms with Crippen LogP contribution in [0.5, 0.6) is 0 Å². The molecule has 6 atom stereocenters. The average molecular weight is 502 g/mol. The van der Waals surface area contributed by atoms with Crippen LogP contribution in [0.2, 0.25) is 0 Å². The zero-order valence-electron chi connectivity index (χ0n) is 20.7. The van der Waals surface area contributed by atoms with Crippen LogP contribution in [-0.2, 0) is 28.8 Å². The predicted molar refractivity (Wildman–Crippen MR) is 126 cm³/mol. The fraction of sp³-hybridized carbons (Fsp3) is 0.727. The molecule has 13 nitrogen and oxygen atoms in total. The van der Waals surface area contributed by atoms with Gasteiger partial charge in [-0.05, 0) is 24.7 Å². The van der Waals surface area contributed by atoms with Crippen LogP contribution < -0.4 is 27.4 Å². The second kappa shape index (κ2) is 15.6. The highest BCUT2D eigenvalue weighted by Crippen LogP contribution is 2.12. The predicted octanol–water partition coefficient (Wildman–Crippen LogP) is -0.925. The van der Waals surface area contributed by atoms with E-state index in [1.807, 2.05) is 6.92 Å². The quantitative estimate of drug-likeness (QED) is 0.130. The lowest BCUT2D eigenvalue weighted by Gasteiger charge is -2.28. The Morgan fingerprint density at radius 2 is 1.26 bits per heavy atom. The van der Waals surface area contributed by atoms with E-state index >= 15 is 0 Å². The van der Waals surface area contributed by atoms with Gasteiger partial charge in [0.15, 0.2) is 0 Å². The van der Waals surface area contributed by atoms with Gasteiger partial charge in [0.05, 0.1) is 6.04 Å². The van der Waals surface area contributed by atoms with E-state index in [2.05, 4.69) is 16.0 Å². The lowest BCUT2D eigenvalue weighted by Crippen LogP contribution is -2.59. The van der Waals surface area contributed by atoms with E-state index in [1.165, 1.54) is 0 Å². The maximum absolute atomic E-state index is 13.1. The summed E-state index contributed by atoms with van der Waals surface area (Å²) in [6, 6.07) is -4.79. The summed E-state index contributed by atoms with van der Waals surface area (Å²) < 4.78 is 0. The molecule has 0 aliphatic heterocycles. The minimum Gasteiger partial charge on any atom is -0.481 e. The van der Waals surface area contributed by atoms with Crippen LogP contribution in [0, 0.1) is 11.8 Å². The number of carbonyl (C=O) groups excluding carboxylic acids is 4. The first-order valence-corrected chi connectivity index (χ1v) is 11.6. The maximum Gasteiger partial charge on any atom is 0.326 e. The fourth-order valence-electron chi connectivity index (χ4n) is 3.08. The number of aliphatic carboxylic acids is 2. The summed E-state index contributed by atoms with van der Waals surface area (Å²) in [5, 5.41) is 25.6. The van der Waals surface area contributed by atoms with Crippen molar-refractivity contribution >= 4 is 35.6 Å². The molecule has 0 bridgehead atoms. The number of hydrogen-bond donors (Lipinski definition) is 7. The molecule has 0 fully saturated rings. The van der Waals surface area contributed by atoms with Crippen molar-refractivity contribution in [3.8, 4) is 0 Å². The molecule has 0 aliphatic carbocycles. The molecule has 200 valence electrons.